The van der Waals surface area contributed by atoms with Gasteiger partial charge in [0.2, 0.25) is 0 Å². The number of fused-ring (bicyclic) bond motifs is 3. The number of hydrogen-bond donors (Lipinski definition) is 0. The maximum absolute atomic E-state index is 11.9. The highest BCUT2D eigenvalue weighted by atomic mass is 32.2. The molecule has 1 unspecified atom stereocenters. The molecule has 2 bridgehead atoms. The molecule has 21 heavy (non-hydrogen) atoms. The Morgan fingerprint density at radius 1 is 1.48 bits per heavy atom. The SMILES string of the molecule is CC(C)CS[C@H]1CC2=CC(=O)O[C@@]23C[C@@H]1N1CCCCC13. The van der Waals surface area contributed by atoms with Gasteiger partial charge >= 0.3 is 5.97 Å². The molecule has 116 valence electrons. The average Bonchev–Trinajstić information content (AvgIpc) is 2.93. The summed E-state index contributed by atoms with van der Waals surface area (Å²) in [6.45, 7) is 5.78. The van der Waals surface area contributed by atoms with Crippen LogP contribution >= 0.6 is 11.8 Å². The number of ether oxygens (including phenoxy) is 1. The van der Waals surface area contributed by atoms with Gasteiger partial charge in [0, 0.05) is 23.8 Å². The summed E-state index contributed by atoms with van der Waals surface area (Å²) in [5, 5.41) is 0.643. The number of carbonyl (C=O) groups is 1. The van der Waals surface area contributed by atoms with E-state index in [9.17, 15) is 4.79 Å². The van der Waals surface area contributed by atoms with Crippen LogP contribution in [-0.2, 0) is 9.53 Å². The minimum Gasteiger partial charge on any atom is -0.450 e. The smallest absolute Gasteiger partial charge is 0.331 e. The van der Waals surface area contributed by atoms with Gasteiger partial charge in [-0.05, 0) is 43.1 Å². The Balaban J connectivity index is 1.64. The minimum absolute atomic E-state index is 0.0920. The summed E-state index contributed by atoms with van der Waals surface area (Å²) in [7, 11) is 0. The molecule has 4 atom stereocenters. The van der Waals surface area contributed by atoms with E-state index in [1.807, 2.05) is 6.08 Å². The zero-order chi connectivity index (χ0) is 14.6. The van der Waals surface area contributed by atoms with Gasteiger partial charge in [0.1, 0.15) is 0 Å². The molecule has 0 aromatic carbocycles. The lowest BCUT2D eigenvalue weighted by Gasteiger charge is -2.38. The average molecular weight is 307 g/mol. The van der Waals surface area contributed by atoms with Crippen LogP contribution in [0.3, 0.4) is 0 Å². The summed E-state index contributed by atoms with van der Waals surface area (Å²) in [5.41, 5.74) is 1.07. The summed E-state index contributed by atoms with van der Waals surface area (Å²) in [4.78, 5) is 14.6. The van der Waals surface area contributed by atoms with Crippen LogP contribution in [0.15, 0.2) is 11.6 Å². The third kappa shape index (κ3) is 2.09. The Labute approximate surface area is 131 Å². The zero-order valence-corrected chi connectivity index (χ0v) is 13.8. The van der Waals surface area contributed by atoms with E-state index in [0.717, 1.165) is 18.8 Å². The highest BCUT2D eigenvalue weighted by Crippen LogP contribution is 2.56. The first-order chi connectivity index (χ1) is 10.1. The molecule has 0 aromatic rings. The summed E-state index contributed by atoms with van der Waals surface area (Å²) in [6.07, 6.45) is 7.70. The fourth-order valence-corrected chi connectivity index (χ4v) is 6.23. The molecule has 0 aromatic heterocycles. The number of nitrogens with zero attached hydrogens (tertiary/aromatic N) is 1. The highest BCUT2D eigenvalue weighted by Gasteiger charge is 2.63. The third-order valence-electron chi connectivity index (χ3n) is 5.63. The second-order valence-electron chi connectivity index (χ2n) is 7.47. The number of carbonyl (C=O) groups excluding carboxylic acids is 1. The van der Waals surface area contributed by atoms with Crippen molar-refractivity contribution in [1.82, 2.24) is 4.90 Å². The quantitative estimate of drug-likeness (QED) is 0.750. The summed E-state index contributed by atoms with van der Waals surface area (Å²) in [5.74, 6) is 1.86. The van der Waals surface area contributed by atoms with Gasteiger partial charge in [-0.15, -0.1) is 0 Å². The van der Waals surface area contributed by atoms with E-state index in [1.165, 1.54) is 37.1 Å². The van der Waals surface area contributed by atoms with Crippen LogP contribution < -0.4 is 0 Å². The van der Waals surface area contributed by atoms with E-state index >= 15 is 0 Å². The van der Waals surface area contributed by atoms with Crippen LogP contribution in [0.4, 0.5) is 0 Å². The van der Waals surface area contributed by atoms with Gasteiger partial charge in [0.25, 0.3) is 0 Å². The molecule has 1 saturated carbocycles. The Morgan fingerprint density at radius 3 is 3.14 bits per heavy atom. The molecule has 0 radical (unpaired) electrons. The summed E-state index contributed by atoms with van der Waals surface area (Å²) >= 11 is 2.12. The molecule has 4 rings (SSSR count). The lowest BCUT2D eigenvalue weighted by Crippen LogP contribution is -2.48. The fraction of sp³-hybridized carbons (Fsp3) is 0.824. The van der Waals surface area contributed by atoms with Crippen molar-refractivity contribution in [2.75, 3.05) is 12.3 Å². The molecule has 1 spiro atoms. The first-order valence-electron chi connectivity index (χ1n) is 8.41. The Hall–Kier alpha value is -0.480. The molecule has 4 heteroatoms. The van der Waals surface area contributed by atoms with Crippen molar-refractivity contribution >= 4 is 17.7 Å². The zero-order valence-electron chi connectivity index (χ0n) is 13.0. The standard InChI is InChI=1S/C17H25NO2S/c1-11(2)10-21-14-7-12-8-16(19)20-17(12)9-13(14)18-6-4-3-5-15(17)18/h8,11,13-15H,3-7,9-10H2,1-2H3/t13-,14-,15?,17-/m0/s1. The van der Waals surface area contributed by atoms with Crippen molar-refractivity contribution < 1.29 is 9.53 Å². The summed E-state index contributed by atoms with van der Waals surface area (Å²) < 4.78 is 5.90. The molecule has 3 fully saturated rings. The van der Waals surface area contributed by atoms with E-state index in [0.29, 0.717) is 17.3 Å². The normalized spacial score (nSPS) is 41.8. The van der Waals surface area contributed by atoms with Crippen LogP contribution in [0, 0.1) is 5.92 Å². The van der Waals surface area contributed by atoms with E-state index < -0.39 is 0 Å². The molecule has 4 aliphatic rings. The highest BCUT2D eigenvalue weighted by molar-refractivity contribution is 7.99. The Morgan fingerprint density at radius 2 is 2.33 bits per heavy atom. The molecule has 1 aliphatic carbocycles. The van der Waals surface area contributed by atoms with Gasteiger partial charge in [-0.25, -0.2) is 4.79 Å². The van der Waals surface area contributed by atoms with Crippen LogP contribution in [0.25, 0.3) is 0 Å². The van der Waals surface area contributed by atoms with Crippen molar-refractivity contribution in [2.45, 2.75) is 68.9 Å². The second kappa shape index (κ2) is 5.02. The van der Waals surface area contributed by atoms with Gasteiger partial charge < -0.3 is 4.74 Å². The number of piperidine rings is 1. The lowest BCUT2D eigenvalue weighted by molar-refractivity contribution is -0.148. The van der Waals surface area contributed by atoms with E-state index in [4.69, 9.17) is 4.74 Å². The van der Waals surface area contributed by atoms with E-state index in [-0.39, 0.29) is 11.6 Å². The van der Waals surface area contributed by atoms with Gasteiger partial charge in [-0.3, -0.25) is 4.90 Å². The maximum atomic E-state index is 11.9. The number of esters is 1. The number of rotatable bonds is 3. The predicted molar refractivity (Wildman–Crippen MR) is 85.4 cm³/mol. The van der Waals surface area contributed by atoms with Crippen LogP contribution in [0.2, 0.25) is 0 Å². The number of hydrogen-bond acceptors (Lipinski definition) is 4. The van der Waals surface area contributed by atoms with Crippen LogP contribution in [-0.4, -0.2) is 46.1 Å². The van der Waals surface area contributed by atoms with Crippen LogP contribution in [0.1, 0.15) is 46.0 Å². The Kier molecular flexibility index (Phi) is 3.38. The Bertz CT molecular complexity index is 489. The fourth-order valence-electron chi connectivity index (χ4n) is 4.82. The molecule has 3 heterocycles. The molecular formula is C17H25NO2S. The van der Waals surface area contributed by atoms with Crippen molar-refractivity contribution in [3.63, 3.8) is 0 Å². The van der Waals surface area contributed by atoms with Crippen LogP contribution in [0.5, 0.6) is 0 Å². The lowest BCUT2D eigenvalue weighted by atomic mass is 9.77. The molecule has 0 amide bonds. The van der Waals surface area contributed by atoms with E-state index in [1.54, 1.807) is 0 Å². The maximum Gasteiger partial charge on any atom is 0.331 e. The first-order valence-corrected chi connectivity index (χ1v) is 9.46. The minimum atomic E-state index is -0.239. The first kappa shape index (κ1) is 14.1. The van der Waals surface area contributed by atoms with Crippen molar-refractivity contribution in [1.29, 1.82) is 0 Å². The topological polar surface area (TPSA) is 29.5 Å². The van der Waals surface area contributed by atoms with Gasteiger partial charge in [0.05, 0.1) is 6.04 Å². The molecule has 2 saturated heterocycles. The third-order valence-corrected chi connectivity index (χ3v) is 7.40. The predicted octanol–water partition coefficient (Wildman–Crippen LogP) is 3.00. The van der Waals surface area contributed by atoms with Gasteiger partial charge in [-0.2, -0.15) is 11.8 Å². The molecular weight excluding hydrogens is 282 g/mol. The van der Waals surface area contributed by atoms with E-state index in [2.05, 4.69) is 30.5 Å². The van der Waals surface area contributed by atoms with Crippen molar-refractivity contribution in [2.24, 2.45) is 5.92 Å². The van der Waals surface area contributed by atoms with Gasteiger partial charge in [-0.1, -0.05) is 20.3 Å². The van der Waals surface area contributed by atoms with Crippen molar-refractivity contribution in [3.05, 3.63) is 11.6 Å². The number of thioether (sulfide) groups is 1. The molecule has 0 N–H and O–H groups in total. The van der Waals surface area contributed by atoms with Crippen molar-refractivity contribution in [3.8, 4) is 0 Å². The largest absolute Gasteiger partial charge is 0.450 e. The monoisotopic (exact) mass is 307 g/mol. The second-order valence-corrected chi connectivity index (χ2v) is 8.74. The summed E-state index contributed by atoms with van der Waals surface area (Å²) in [6, 6.07) is 1.07. The van der Waals surface area contributed by atoms with Gasteiger partial charge in [0.15, 0.2) is 5.60 Å². The molecule has 3 aliphatic heterocycles. The molecule has 3 nitrogen and oxygen atoms in total.